The number of halogens is 1. The second-order valence-electron chi connectivity index (χ2n) is 9.31. The lowest BCUT2D eigenvalue weighted by Gasteiger charge is -2.31. The van der Waals surface area contributed by atoms with Gasteiger partial charge in [-0.2, -0.15) is 0 Å². The van der Waals surface area contributed by atoms with Crippen LogP contribution in [0, 0.1) is 0 Å². The molecule has 5 rings (SSSR count). The number of aryl methyl sites for hydroxylation is 1. The first-order valence-electron chi connectivity index (χ1n) is 12.4. The molecule has 8 nitrogen and oxygen atoms in total. The van der Waals surface area contributed by atoms with Crippen LogP contribution < -0.4 is 19.5 Å². The SMILES string of the molecule is COc1cc2onc(C3CCN(CCCCOc4ccc5c(c4)NC(=O)CC5)CC3)c2cc1OC.Cl. The average Bonchev–Trinajstić information content (AvgIpc) is 3.30. The van der Waals surface area contributed by atoms with Gasteiger partial charge in [-0.15, -0.1) is 12.4 Å². The number of hydrogen-bond donors (Lipinski definition) is 1. The van der Waals surface area contributed by atoms with E-state index in [4.69, 9.17) is 18.7 Å². The molecule has 1 aromatic heterocycles. The molecule has 0 saturated carbocycles. The highest BCUT2D eigenvalue weighted by atomic mass is 35.5. The Hall–Kier alpha value is -2.97. The lowest BCUT2D eigenvalue weighted by atomic mass is 9.91. The minimum atomic E-state index is 0. The minimum Gasteiger partial charge on any atom is -0.494 e. The average molecular weight is 516 g/mol. The highest BCUT2D eigenvalue weighted by Gasteiger charge is 2.26. The predicted molar refractivity (Wildman–Crippen MR) is 141 cm³/mol. The van der Waals surface area contributed by atoms with E-state index in [0.29, 0.717) is 30.4 Å². The van der Waals surface area contributed by atoms with Crippen molar-refractivity contribution in [3.05, 3.63) is 41.6 Å². The molecule has 2 aliphatic rings. The molecule has 0 spiro atoms. The molecule has 0 unspecified atom stereocenters. The summed E-state index contributed by atoms with van der Waals surface area (Å²) in [6, 6.07) is 9.82. The van der Waals surface area contributed by atoms with Gasteiger partial charge in [0.05, 0.1) is 26.5 Å². The van der Waals surface area contributed by atoms with E-state index < -0.39 is 0 Å². The number of ether oxygens (including phenoxy) is 3. The molecule has 0 aliphatic carbocycles. The topological polar surface area (TPSA) is 86.1 Å². The van der Waals surface area contributed by atoms with Crippen LogP contribution >= 0.6 is 12.4 Å². The zero-order valence-electron chi connectivity index (χ0n) is 20.9. The minimum absolute atomic E-state index is 0. The van der Waals surface area contributed by atoms with Crippen LogP contribution in [0.25, 0.3) is 11.0 Å². The lowest BCUT2D eigenvalue weighted by molar-refractivity contribution is -0.116. The molecule has 0 atom stereocenters. The predicted octanol–water partition coefficient (Wildman–Crippen LogP) is 5.19. The number of nitrogens with zero attached hydrogens (tertiary/aromatic N) is 2. The van der Waals surface area contributed by atoms with Gasteiger partial charge < -0.3 is 29.0 Å². The quantitative estimate of drug-likeness (QED) is 0.392. The maximum absolute atomic E-state index is 11.6. The summed E-state index contributed by atoms with van der Waals surface area (Å²) in [5, 5.41) is 8.34. The zero-order chi connectivity index (χ0) is 24.2. The fraction of sp³-hybridized carbons (Fsp3) is 0.481. The van der Waals surface area contributed by atoms with Crippen molar-refractivity contribution in [1.82, 2.24) is 10.1 Å². The number of anilines is 1. The number of nitrogens with one attached hydrogen (secondary N) is 1. The number of benzene rings is 2. The molecule has 0 bridgehead atoms. The van der Waals surface area contributed by atoms with Gasteiger partial charge in [0.15, 0.2) is 17.1 Å². The molecule has 2 aliphatic heterocycles. The molecular formula is C27H34ClN3O5. The number of fused-ring (bicyclic) bond motifs is 2. The molecule has 1 saturated heterocycles. The molecule has 3 heterocycles. The molecule has 194 valence electrons. The van der Waals surface area contributed by atoms with Crippen molar-refractivity contribution in [1.29, 1.82) is 0 Å². The van der Waals surface area contributed by atoms with Crippen molar-refractivity contribution in [3.8, 4) is 17.2 Å². The molecular weight excluding hydrogens is 482 g/mol. The number of piperidine rings is 1. The number of likely N-dealkylation sites (tertiary alicyclic amines) is 1. The Labute approximate surface area is 217 Å². The van der Waals surface area contributed by atoms with Crippen LogP contribution in [-0.4, -0.2) is 56.4 Å². The second kappa shape index (κ2) is 11.8. The number of methoxy groups -OCH3 is 2. The van der Waals surface area contributed by atoms with Gasteiger partial charge in [0.1, 0.15) is 5.75 Å². The number of rotatable bonds is 9. The first-order valence-corrected chi connectivity index (χ1v) is 12.4. The maximum atomic E-state index is 11.6. The van der Waals surface area contributed by atoms with E-state index in [9.17, 15) is 4.79 Å². The Kier molecular flexibility index (Phi) is 8.59. The van der Waals surface area contributed by atoms with Gasteiger partial charge in [-0.3, -0.25) is 4.79 Å². The summed E-state index contributed by atoms with van der Waals surface area (Å²) < 4.78 is 22.4. The Morgan fingerprint density at radius 1 is 1.06 bits per heavy atom. The molecule has 36 heavy (non-hydrogen) atoms. The summed E-state index contributed by atoms with van der Waals surface area (Å²) in [5.41, 5.74) is 3.83. The van der Waals surface area contributed by atoms with Crippen LogP contribution in [0.3, 0.4) is 0 Å². The van der Waals surface area contributed by atoms with Gasteiger partial charge in [0.2, 0.25) is 5.91 Å². The molecule has 1 amide bonds. The molecule has 1 fully saturated rings. The van der Waals surface area contributed by atoms with Gasteiger partial charge in [-0.1, -0.05) is 11.2 Å². The van der Waals surface area contributed by atoms with Crippen LogP contribution in [-0.2, 0) is 11.2 Å². The lowest BCUT2D eigenvalue weighted by Crippen LogP contribution is -2.34. The zero-order valence-corrected chi connectivity index (χ0v) is 21.7. The second-order valence-corrected chi connectivity index (χ2v) is 9.31. The number of hydrogen-bond acceptors (Lipinski definition) is 7. The third kappa shape index (κ3) is 5.71. The molecule has 2 aromatic carbocycles. The fourth-order valence-corrected chi connectivity index (χ4v) is 5.08. The molecule has 1 N–H and O–H groups in total. The number of aromatic nitrogens is 1. The first kappa shape index (κ1) is 26.1. The number of unbranched alkanes of at least 4 members (excludes halogenated alkanes) is 1. The van der Waals surface area contributed by atoms with E-state index >= 15 is 0 Å². The van der Waals surface area contributed by atoms with Gasteiger partial charge in [-0.25, -0.2) is 0 Å². The van der Waals surface area contributed by atoms with Crippen molar-refractivity contribution in [3.63, 3.8) is 0 Å². The molecule has 3 aromatic rings. The summed E-state index contributed by atoms with van der Waals surface area (Å²) in [7, 11) is 3.27. The van der Waals surface area contributed by atoms with Crippen molar-refractivity contribution in [2.24, 2.45) is 0 Å². The summed E-state index contributed by atoms with van der Waals surface area (Å²) in [5.74, 6) is 2.64. The maximum Gasteiger partial charge on any atom is 0.224 e. The van der Waals surface area contributed by atoms with Gasteiger partial charge in [0, 0.05) is 35.5 Å². The van der Waals surface area contributed by atoms with E-state index in [2.05, 4.69) is 21.4 Å². The van der Waals surface area contributed by atoms with Crippen LogP contribution in [0.4, 0.5) is 5.69 Å². The summed E-state index contributed by atoms with van der Waals surface area (Å²) in [4.78, 5) is 14.1. The van der Waals surface area contributed by atoms with E-state index in [1.807, 2.05) is 24.3 Å². The van der Waals surface area contributed by atoms with E-state index in [0.717, 1.165) is 79.8 Å². The van der Waals surface area contributed by atoms with Crippen molar-refractivity contribution < 1.29 is 23.5 Å². The summed E-state index contributed by atoms with van der Waals surface area (Å²) in [6.45, 7) is 3.86. The standard InChI is InChI=1S/C27H33N3O5.ClH/c1-32-24-16-21-23(17-25(24)33-2)35-29-27(21)19-9-12-30(13-10-19)11-3-4-14-34-20-7-5-18-6-8-26(31)28-22(18)15-20;/h5,7,15-17,19H,3-4,6,8-14H2,1-2H3,(H,28,31);1H. The van der Waals surface area contributed by atoms with Crippen LogP contribution in [0.15, 0.2) is 34.9 Å². The van der Waals surface area contributed by atoms with Crippen LogP contribution in [0.1, 0.15) is 49.3 Å². The first-order chi connectivity index (χ1) is 17.1. The molecule has 0 radical (unpaired) electrons. The molecule has 9 heteroatoms. The van der Waals surface area contributed by atoms with E-state index in [-0.39, 0.29) is 18.3 Å². The van der Waals surface area contributed by atoms with Gasteiger partial charge in [0.25, 0.3) is 0 Å². The van der Waals surface area contributed by atoms with Crippen LogP contribution in [0.5, 0.6) is 17.2 Å². The summed E-state index contributed by atoms with van der Waals surface area (Å²) >= 11 is 0. The smallest absolute Gasteiger partial charge is 0.224 e. The Morgan fingerprint density at radius 3 is 2.61 bits per heavy atom. The third-order valence-electron chi connectivity index (χ3n) is 7.09. The number of carbonyl (C=O) groups excluding carboxylic acids is 1. The fourth-order valence-electron chi connectivity index (χ4n) is 5.08. The Balaban J connectivity index is 0.00000304. The van der Waals surface area contributed by atoms with Crippen molar-refractivity contribution >= 4 is 35.0 Å². The van der Waals surface area contributed by atoms with Gasteiger partial charge >= 0.3 is 0 Å². The Morgan fingerprint density at radius 2 is 1.83 bits per heavy atom. The monoisotopic (exact) mass is 515 g/mol. The largest absolute Gasteiger partial charge is 0.494 e. The van der Waals surface area contributed by atoms with Crippen LogP contribution in [0.2, 0.25) is 0 Å². The third-order valence-corrected chi connectivity index (χ3v) is 7.09. The van der Waals surface area contributed by atoms with E-state index in [1.165, 1.54) is 5.56 Å². The Bertz CT molecular complexity index is 1190. The van der Waals surface area contributed by atoms with Crippen molar-refractivity contribution in [2.75, 3.05) is 45.8 Å². The van der Waals surface area contributed by atoms with Crippen molar-refractivity contribution in [2.45, 2.75) is 44.4 Å². The normalized spacial score (nSPS) is 16.2. The van der Waals surface area contributed by atoms with E-state index in [1.54, 1.807) is 14.2 Å². The number of carbonyl (C=O) groups is 1. The summed E-state index contributed by atoms with van der Waals surface area (Å²) in [6.07, 6.45) is 5.58. The highest BCUT2D eigenvalue weighted by Crippen LogP contribution is 2.38. The number of amides is 1. The van der Waals surface area contributed by atoms with Gasteiger partial charge in [-0.05, 0) is 69.4 Å². The highest BCUT2D eigenvalue weighted by molar-refractivity contribution is 5.94.